The monoisotopic (exact) mass is 185 g/mol. The number of ether oxygens (including phenoxy) is 1. The molecule has 0 spiro atoms. The molecule has 0 saturated heterocycles. The van der Waals surface area contributed by atoms with Crippen LogP contribution in [0.15, 0.2) is 0 Å². The van der Waals surface area contributed by atoms with Gasteiger partial charge in [0, 0.05) is 12.6 Å². The first-order valence-electron chi connectivity index (χ1n) is 5.60. The zero-order valence-corrected chi connectivity index (χ0v) is 9.18. The highest BCUT2D eigenvalue weighted by molar-refractivity contribution is 4.86. The lowest BCUT2D eigenvalue weighted by molar-refractivity contribution is 0.102. The molecule has 1 aliphatic rings. The van der Waals surface area contributed by atoms with Gasteiger partial charge in [-0.1, -0.05) is 13.8 Å². The predicted molar refractivity (Wildman–Crippen MR) is 55.8 cm³/mol. The Labute approximate surface area is 82.0 Å². The van der Waals surface area contributed by atoms with Crippen LogP contribution in [-0.2, 0) is 4.74 Å². The summed E-state index contributed by atoms with van der Waals surface area (Å²) >= 11 is 0. The lowest BCUT2D eigenvalue weighted by atomic mass is 9.97. The highest BCUT2D eigenvalue weighted by atomic mass is 16.5. The molecule has 0 heterocycles. The quantitative estimate of drug-likeness (QED) is 0.655. The number of nitrogens with one attached hydrogen (secondary N) is 1. The Morgan fingerprint density at radius 3 is 2.54 bits per heavy atom. The molecular weight excluding hydrogens is 162 g/mol. The minimum absolute atomic E-state index is 0.567. The van der Waals surface area contributed by atoms with E-state index in [1.165, 1.54) is 12.8 Å². The van der Waals surface area contributed by atoms with Gasteiger partial charge in [-0.2, -0.15) is 0 Å². The van der Waals surface area contributed by atoms with Crippen LogP contribution in [0.25, 0.3) is 0 Å². The van der Waals surface area contributed by atoms with Crippen LogP contribution in [0.5, 0.6) is 0 Å². The van der Waals surface area contributed by atoms with Gasteiger partial charge in [0.15, 0.2) is 0 Å². The summed E-state index contributed by atoms with van der Waals surface area (Å²) in [6.45, 7) is 9.34. The van der Waals surface area contributed by atoms with E-state index in [0.717, 1.165) is 31.6 Å². The van der Waals surface area contributed by atoms with Gasteiger partial charge in [0.25, 0.3) is 0 Å². The summed E-state index contributed by atoms with van der Waals surface area (Å²) in [6.07, 6.45) is 2.85. The third-order valence-corrected chi connectivity index (χ3v) is 2.97. The average Bonchev–Trinajstić information content (AvgIpc) is 2.94. The number of likely N-dealkylation sites (N-methyl/N-ethyl adjacent to an activating group) is 1. The highest BCUT2D eigenvalue weighted by Gasteiger charge is 2.32. The minimum atomic E-state index is 0.567. The summed E-state index contributed by atoms with van der Waals surface area (Å²) in [5, 5.41) is 3.51. The Balaban J connectivity index is 2.26. The second kappa shape index (κ2) is 5.61. The summed E-state index contributed by atoms with van der Waals surface area (Å²) < 4.78 is 5.48. The van der Waals surface area contributed by atoms with Crippen LogP contribution < -0.4 is 5.32 Å². The molecule has 2 heteroatoms. The second-order valence-electron chi connectivity index (χ2n) is 4.02. The van der Waals surface area contributed by atoms with Crippen LogP contribution in [0.3, 0.4) is 0 Å². The Kier molecular flexibility index (Phi) is 4.74. The van der Waals surface area contributed by atoms with E-state index in [4.69, 9.17) is 4.74 Å². The Morgan fingerprint density at radius 1 is 1.38 bits per heavy atom. The van der Waals surface area contributed by atoms with Gasteiger partial charge in [-0.25, -0.2) is 0 Å². The van der Waals surface area contributed by atoms with Crippen molar-refractivity contribution in [3.63, 3.8) is 0 Å². The summed E-state index contributed by atoms with van der Waals surface area (Å²) in [5.74, 6) is 1.75. The zero-order valence-electron chi connectivity index (χ0n) is 9.18. The fourth-order valence-electron chi connectivity index (χ4n) is 1.85. The summed E-state index contributed by atoms with van der Waals surface area (Å²) in [5.41, 5.74) is 0. The Hall–Kier alpha value is -0.0800. The largest absolute Gasteiger partial charge is 0.380 e. The van der Waals surface area contributed by atoms with Gasteiger partial charge >= 0.3 is 0 Å². The van der Waals surface area contributed by atoms with E-state index in [-0.39, 0.29) is 0 Å². The smallest absolute Gasteiger partial charge is 0.0622 e. The van der Waals surface area contributed by atoms with Crippen molar-refractivity contribution in [3.05, 3.63) is 0 Å². The van der Waals surface area contributed by atoms with Crippen LogP contribution in [0.4, 0.5) is 0 Å². The second-order valence-corrected chi connectivity index (χ2v) is 4.02. The van der Waals surface area contributed by atoms with Crippen molar-refractivity contribution in [2.24, 2.45) is 11.8 Å². The van der Waals surface area contributed by atoms with Crippen molar-refractivity contribution in [3.8, 4) is 0 Å². The maximum atomic E-state index is 5.48. The molecule has 1 rings (SSSR count). The molecule has 2 nitrogen and oxygen atoms in total. The van der Waals surface area contributed by atoms with Crippen molar-refractivity contribution in [1.82, 2.24) is 5.32 Å². The molecule has 0 bridgehead atoms. The molecule has 13 heavy (non-hydrogen) atoms. The molecule has 1 N–H and O–H groups in total. The van der Waals surface area contributed by atoms with E-state index in [1.54, 1.807) is 0 Å². The van der Waals surface area contributed by atoms with Gasteiger partial charge in [0.05, 0.1) is 6.61 Å². The molecule has 1 saturated carbocycles. The van der Waals surface area contributed by atoms with Crippen LogP contribution in [-0.4, -0.2) is 25.8 Å². The molecule has 0 radical (unpaired) electrons. The van der Waals surface area contributed by atoms with E-state index in [2.05, 4.69) is 26.1 Å². The summed E-state index contributed by atoms with van der Waals surface area (Å²) in [4.78, 5) is 0. The lowest BCUT2D eigenvalue weighted by Crippen LogP contribution is -2.39. The topological polar surface area (TPSA) is 21.3 Å². The van der Waals surface area contributed by atoms with E-state index in [1.807, 2.05) is 0 Å². The highest BCUT2D eigenvalue weighted by Crippen LogP contribution is 2.38. The minimum Gasteiger partial charge on any atom is -0.380 e. The molecule has 0 amide bonds. The average molecular weight is 185 g/mol. The molecule has 0 aromatic rings. The maximum absolute atomic E-state index is 5.48. The third kappa shape index (κ3) is 3.65. The molecule has 1 fully saturated rings. The van der Waals surface area contributed by atoms with Gasteiger partial charge in [-0.3, -0.25) is 0 Å². The van der Waals surface area contributed by atoms with Crippen LogP contribution in [0.1, 0.15) is 33.6 Å². The fraction of sp³-hybridized carbons (Fsp3) is 1.00. The van der Waals surface area contributed by atoms with Gasteiger partial charge in [-0.05, 0) is 38.1 Å². The van der Waals surface area contributed by atoms with Gasteiger partial charge in [0.1, 0.15) is 0 Å². The third-order valence-electron chi connectivity index (χ3n) is 2.97. The van der Waals surface area contributed by atoms with Crippen LogP contribution >= 0.6 is 0 Å². The first kappa shape index (κ1) is 11.0. The Morgan fingerprint density at radius 2 is 2.08 bits per heavy atom. The fourth-order valence-corrected chi connectivity index (χ4v) is 1.85. The van der Waals surface area contributed by atoms with E-state index in [0.29, 0.717) is 6.04 Å². The first-order chi connectivity index (χ1) is 6.29. The van der Waals surface area contributed by atoms with E-state index >= 15 is 0 Å². The van der Waals surface area contributed by atoms with E-state index in [9.17, 15) is 0 Å². The molecule has 78 valence electrons. The maximum Gasteiger partial charge on any atom is 0.0622 e. The van der Waals surface area contributed by atoms with Gasteiger partial charge < -0.3 is 10.1 Å². The molecule has 0 aromatic carbocycles. The SMILES string of the molecule is CCNC(COCC)C(C)C1CC1. The molecule has 2 unspecified atom stereocenters. The summed E-state index contributed by atoms with van der Waals surface area (Å²) in [6, 6.07) is 0.567. The van der Waals surface area contributed by atoms with Crippen molar-refractivity contribution < 1.29 is 4.74 Å². The lowest BCUT2D eigenvalue weighted by Gasteiger charge is -2.24. The Bertz CT molecular complexity index is 134. The number of hydrogen-bond donors (Lipinski definition) is 1. The van der Waals surface area contributed by atoms with Crippen molar-refractivity contribution in [2.75, 3.05) is 19.8 Å². The molecule has 0 aliphatic heterocycles. The van der Waals surface area contributed by atoms with Gasteiger partial charge in [-0.15, -0.1) is 0 Å². The van der Waals surface area contributed by atoms with Crippen molar-refractivity contribution >= 4 is 0 Å². The summed E-state index contributed by atoms with van der Waals surface area (Å²) in [7, 11) is 0. The number of hydrogen-bond acceptors (Lipinski definition) is 2. The van der Waals surface area contributed by atoms with Crippen LogP contribution in [0, 0.1) is 11.8 Å². The molecule has 1 aliphatic carbocycles. The zero-order chi connectivity index (χ0) is 9.68. The first-order valence-corrected chi connectivity index (χ1v) is 5.60. The standard InChI is InChI=1S/C11H23NO/c1-4-12-11(8-13-5-2)9(3)10-6-7-10/h9-12H,4-8H2,1-3H3. The van der Waals surface area contributed by atoms with Crippen molar-refractivity contribution in [2.45, 2.75) is 39.7 Å². The van der Waals surface area contributed by atoms with E-state index < -0.39 is 0 Å². The normalized spacial score (nSPS) is 21.5. The molecular formula is C11H23NO. The molecule has 0 aromatic heterocycles. The predicted octanol–water partition coefficient (Wildman–Crippen LogP) is 2.05. The number of rotatable bonds is 7. The molecule has 2 atom stereocenters. The van der Waals surface area contributed by atoms with Gasteiger partial charge in [0.2, 0.25) is 0 Å². The van der Waals surface area contributed by atoms with Crippen molar-refractivity contribution in [1.29, 1.82) is 0 Å². The van der Waals surface area contributed by atoms with Crippen LogP contribution in [0.2, 0.25) is 0 Å².